The summed E-state index contributed by atoms with van der Waals surface area (Å²) in [5, 5.41) is 9.35. The maximum atomic E-state index is 9.26. The molecule has 1 saturated heterocycles. The van der Waals surface area contributed by atoms with Gasteiger partial charge in [0.25, 0.3) is 0 Å². The summed E-state index contributed by atoms with van der Waals surface area (Å²) in [7, 11) is 0. The molecular weight excluding hydrogens is 250 g/mol. The highest BCUT2D eigenvalue weighted by Gasteiger charge is 2.31. The Morgan fingerprint density at radius 2 is 2.33 bits per heavy atom. The van der Waals surface area contributed by atoms with Crippen molar-refractivity contribution in [3.05, 3.63) is 24.8 Å². The van der Waals surface area contributed by atoms with Gasteiger partial charge in [-0.25, -0.2) is 15.0 Å². The first kappa shape index (κ1) is 11.5. The Balaban J connectivity index is 2.06. The van der Waals surface area contributed by atoms with E-state index in [4.69, 9.17) is 5.73 Å². The van der Waals surface area contributed by atoms with Crippen LogP contribution in [0.25, 0.3) is 11.2 Å². The average Bonchev–Trinajstić information content (AvgIpc) is 2.93. The lowest BCUT2D eigenvalue weighted by Crippen LogP contribution is -2.14. The minimum absolute atomic E-state index is 0.0895. The van der Waals surface area contributed by atoms with E-state index in [9.17, 15) is 5.11 Å². The highest BCUT2D eigenvalue weighted by Crippen LogP contribution is 2.39. The summed E-state index contributed by atoms with van der Waals surface area (Å²) in [6.07, 6.45) is 3.15. The summed E-state index contributed by atoms with van der Waals surface area (Å²) in [6.45, 7) is 4.18. The first-order valence-corrected chi connectivity index (χ1v) is 6.61. The van der Waals surface area contributed by atoms with Crippen molar-refractivity contribution in [3.8, 4) is 0 Å². The Morgan fingerprint density at radius 3 is 3.06 bits per heavy atom. The molecule has 1 fully saturated rings. The van der Waals surface area contributed by atoms with Gasteiger partial charge < -0.3 is 15.4 Å². The van der Waals surface area contributed by atoms with Crippen molar-refractivity contribution in [2.24, 2.45) is 0 Å². The highest BCUT2D eigenvalue weighted by atomic mass is 32.2. The average molecular weight is 263 g/mol. The van der Waals surface area contributed by atoms with Gasteiger partial charge in [0.15, 0.2) is 11.5 Å². The lowest BCUT2D eigenvalue weighted by Gasteiger charge is -2.14. The van der Waals surface area contributed by atoms with Crippen molar-refractivity contribution in [1.82, 2.24) is 19.5 Å². The number of rotatable bonds is 2. The predicted octanol–water partition coefficient (Wildman–Crippen LogP) is 0.613. The normalized spacial score (nSPS) is 23.9. The Kier molecular flexibility index (Phi) is 2.71. The van der Waals surface area contributed by atoms with E-state index < -0.39 is 0 Å². The molecule has 2 aromatic rings. The van der Waals surface area contributed by atoms with E-state index in [1.54, 1.807) is 18.1 Å². The molecule has 1 aliphatic rings. The zero-order chi connectivity index (χ0) is 12.7. The number of fused-ring (bicyclic) bond motifs is 1. The molecule has 0 aliphatic carbocycles. The number of aromatic nitrogens is 4. The molecule has 3 heterocycles. The second-order valence-electron chi connectivity index (χ2n) is 4.18. The molecule has 2 atom stereocenters. The van der Waals surface area contributed by atoms with Crippen LogP contribution in [0.15, 0.2) is 24.8 Å². The van der Waals surface area contributed by atoms with Gasteiger partial charge in [-0.2, -0.15) is 0 Å². The minimum Gasteiger partial charge on any atom is -0.395 e. The summed E-state index contributed by atoms with van der Waals surface area (Å²) in [5.41, 5.74) is 8.09. The summed E-state index contributed by atoms with van der Waals surface area (Å²) in [4.78, 5) is 12.4. The molecule has 6 nitrogen and oxygen atoms in total. The van der Waals surface area contributed by atoms with Gasteiger partial charge >= 0.3 is 0 Å². The number of nitrogens with zero attached hydrogens (tertiary/aromatic N) is 4. The fourth-order valence-electron chi connectivity index (χ4n) is 2.16. The number of anilines is 1. The predicted molar refractivity (Wildman–Crippen MR) is 71.2 cm³/mol. The van der Waals surface area contributed by atoms with Gasteiger partial charge in [0, 0.05) is 5.75 Å². The molecule has 0 aromatic carbocycles. The smallest absolute Gasteiger partial charge is 0.166 e. The largest absolute Gasteiger partial charge is 0.395 e. The second-order valence-corrected chi connectivity index (χ2v) is 5.41. The van der Waals surface area contributed by atoms with Crippen LogP contribution in [0.1, 0.15) is 6.04 Å². The number of nitrogen functional groups attached to an aromatic ring is 1. The molecule has 18 heavy (non-hydrogen) atoms. The summed E-state index contributed by atoms with van der Waals surface area (Å²) >= 11 is 1.70. The molecule has 0 radical (unpaired) electrons. The highest BCUT2D eigenvalue weighted by molar-refractivity contribution is 8.00. The van der Waals surface area contributed by atoms with Gasteiger partial charge in [0.2, 0.25) is 0 Å². The number of nitrogens with two attached hydrogens (primary N) is 1. The summed E-state index contributed by atoms with van der Waals surface area (Å²) < 4.78 is 1.96. The van der Waals surface area contributed by atoms with Crippen LogP contribution < -0.4 is 5.73 Å². The molecule has 1 aliphatic heterocycles. The van der Waals surface area contributed by atoms with E-state index in [-0.39, 0.29) is 17.9 Å². The van der Waals surface area contributed by atoms with Crippen molar-refractivity contribution >= 4 is 28.7 Å². The van der Waals surface area contributed by atoms with Crippen LogP contribution in [-0.4, -0.2) is 42.2 Å². The van der Waals surface area contributed by atoms with E-state index >= 15 is 0 Å². The van der Waals surface area contributed by atoms with Crippen molar-refractivity contribution < 1.29 is 5.11 Å². The third-order valence-corrected chi connectivity index (χ3v) is 4.55. The first-order valence-electron chi connectivity index (χ1n) is 5.56. The fraction of sp³-hybridized carbons (Fsp3) is 0.364. The molecule has 0 saturated carbocycles. The van der Waals surface area contributed by atoms with E-state index in [1.807, 2.05) is 4.57 Å². The van der Waals surface area contributed by atoms with Crippen LogP contribution in [0.2, 0.25) is 0 Å². The maximum absolute atomic E-state index is 9.26. The Bertz CT molecular complexity index is 610. The van der Waals surface area contributed by atoms with Gasteiger partial charge in [-0.3, -0.25) is 0 Å². The summed E-state index contributed by atoms with van der Waals surface area (Å²) in [6, 6.07) is 0.103. The molecule has 0 amide bonds. The zero-order valence-corrected chi connectivity index (χ0v) is 10.5. The van der Waals surface area contributed by atoms with Gasteiger partial charge in [-0.1, -0.05) is 6.58 Å². The molecule has 94 valence electrons. The van der Waals surface area contributed by atoms with Crippen LogP contribution in [0, 0.1) is 0 Å². The van der Waals surface area contributed by atoms with Crippen LogP contribution in [-0.2, 0) is 0 Å². The van der Waals surface area contributed by atoms with Gasteiger partial charge in [0.1, 0.15) is 11.8 Å². The topological polar surface area (TPSA) is 89.8 Å². The monoisotopic (exact) mass is 263 g/mol. The van der Waals surface area contributed by atoms with Gasteiger partial charge in [-0.15, -0.1) is 11.8 Å². The van der Waals surface area contributed by atoms with Crippen molar-refractivity contribution in [2.75, 3.05) is 18.1 Å². The third kappa shape index (κ3) is 1.58. The quantitative estimate of drug-likeness (QED) is 0.772. The van der Waals surface area contributed by atoms with E-state index in [1.165, 1.54) is 6.33 Å². The SMILES string of the molecule is C=C1[C@H](CO)SC[C@H]1n1cnc2c(N)ncnc21. The van der Waals surface area contributed by atoms with Crippen molar-refractivity contribution in [2.45, 2.75) is 11.3 Å². The standard InChI is InChI=1S/C11H13N5OS/c1-6-7(3-18-8(6)2-17)16-5-15-9-10(12)13-4-14-11(9)16/h4-5,7-8,17H,1-3H2,(H2,12,13,14)/t7-,8+/m1/s1. The van der Waals surface area contributed by atoms with Crippen LogP contribution in [0.5, 0.6) is 0 Å². The molecule has 2 aromatic heterocycles. The number of aliphatic hydroxyl groups excluding tert-OH is 1. The van der Waals surface area contributed by atoms with E-state index in [0.29, 0.717) is 17.0 Å². The molecule has 0 bridgehead atoms. The zero-order valence-electron chi connectivity index (χ0n) is 9.65. The van der Waals surface area contributed by atoms with Crippen molar-refractivity contribution in [3.63, 3.8) is 0 Å². The third-order valence-electron chi connectivity index (χ3n) is 3.19. The maximum Gasteiger partial charge on any atom is 0.166 e. The summed E-state index contributed by atoms with van der Waals surface area (Å²) in [5.74, 6) is 1.24. The number of aliphatic hydroxyl groups is 1. The Morgan fingerprint density at radius 1 is 1.50 bits per heavy atom. The number of hydrogen-bond acceptors (Lipinski definition) is 6. The molecule has 3 rings (SSSR count). The lowest BCUT2D eigenvalue weighted by molar-refractivity contribution is 0.302. The minimum atomic E-state index is 0.0895. The Labute approximate surface area is 108 Å². The lowest BCUT2D eigenvalue weighted by atomic mass is 10.1. The molecule has 0 unspecified atom stereocenters. The van der Waals surface area contributed by atoms with Crippen LogP contribution >= 0.6 is 11.8 Å². The van der Waals surface area contributed by atoms with Gasteiger partial charge in [0.05, 0.1) is 24.2 Å². The number of hydrogen-bond donors (Lipinski definition) is 2. The molecule has 7 heteroatoms. The molecule has 0 spiro atoms. The molecular formula is C11H13N5OS. The number of thioether (sulfide) groups is 1. The number of imidazole rings is 1. The second kappa shape index (κ2) is 4.25. The van der Waals surface area contributed by atoms with Crippen LogP contribution in [0.3, 0.4) is 0 Å². The van der Waals surface area contributed by atoms with E-state index in [0.717, 1.165) is 11.3 Å². The van der Waals surface area contributed by atoms with Crippen molar-refractivity contribution in [1.29, 1.82) is 0 Å². The van der Waals surface area contributed by atoms with E-state index in [2.05, 4.69) is 21.5 Å². The fourth-order valence-corrected chi connectivity index (χ4v) is 3.43. The van der Waals surface area contributed by atoms with Gasteiger partial charge in [-0.05, 0) is 5.57 Å². The first-order chi connectivity index (χ1) is 8.72. The Hall–Kier alpha value is -1.60. The molecule has 3 N–H and O–H groups in total. The van der Waals surface area contributed by atoms with Crippen LogP contribution in [0.4, 0.5) is 5.82 Å².